The zero-order valence-corrected chi connectivity index (χ0v) is 10.7. The minimum atomic E-state index is -1.57. The van der Waals surface area contributed by atoms with Crippen LogP contribution >= 0.6 is 34.8 Å². The van der Waals surface area contributed by atoms with Gasteiger partial charge in [0.15, 0.2) is 3.79 Å². The maximum Gasteiger partial charge on any atom is 0.224 e. The lowest BCUT2D eigenvalue weighted by Gasteiger charge is -2.31. The van der Waals surface area contributed by atoms with Crippen molar-refractivity contribution in [2.24, 2.45) is 5.92 Å². The molecule has 0 amide bonds. The summed E-state index contributed by atoms with van der Waals surface area (Å²) < 4.78 is -1.57. The monoisotopic (exact) mass is 271 g/mol. The van der Waals surface area contributed by atoms with Gasteiger partial charge in [-0.05, 0) is 20.3 Å². The van der Waals surface area contributed by atoms with Crippen LogP contribution in [0.5, 0.6) is 0 Å². The van der Waals surface area contributed by atoms with Crippen LogP contribution in [0.15, 0.2) is 11.1 Å². The zero-order chi connectivity index (χ0) is 11.8. The molecule has 86 valence electrons. The van der Waals surface area contributed by atoms with Crippen molar-refractivity contribution in [3.8, 4) is 0 Å². The molecular weight excluding hydrogens is 260 g/mol. The van der Waals surface area contributed by atoms with Gasteiger partial charge in [0.05, 0.1) is 5.92 Å². The number of halogens is 3. The first-order valence-electron chi connectivity index (χ1n) is 4.59. The molecule has 0 saturated heterocycles. The molecule has 1 aliphatic carbocycles. The smallest absolute Gasteiger partial charge is 0.224 e. The first-order valence-corrected chi connectivity index (χ1v) is 5.72. The molecule has 3 nitrogen and oxygen atoms in total. The molecule has 1 rings (SSSR count). The summed E-state index contributed by atoms with van der Waals surface area (Å²) >= 11 is 17.3. The molecule has 1 aliphatic rings. The Morgan fingerprint density at radius 2 is 1.73 bits per heavy atom. The lowest BCUT2D eigenvalue weighted by atomic mass is 9.82. The molecule has 0 fully saturated rings. The fraction of sp³-hybridized carbons (Fsp3) is 0.778. The van der Waals surface area contributed by atoms with E-state index in [4.69, 9.17) is 34.8 Å². The molecule has 0 saturated carbocycles. The van der Waals surface area contributed by atoms with Crippen LogP contribution in [0.3, 0.4) is 0 Å². The first kappa shape index (κ1) is 13.1. The van der Waals surface area contributed by atoms with Gasteiger partial charge >= 0.3 is 0 Å². The Labute approximate surface area is 104 Å². The highest BCUT2D eigenvalue weighted by atomic mass is 35.6. The standard InChI is InChI=1S/C9H12Cl3NO2/c1-5-3-7(9(10,11)12)8(13(14)15)4-6(5)2/h7-8H,3-4H2,1-2H3. The van der Waals surface area contributed by atoms with Crippen LogP contribution < -0.4 is 0 Å². The largest absolute Gasteiger partial charge is 0.264 e. The average molecular weight is 273 g/mol. The molecule has 0 N–H and O–H groups in total. The van der Waals surface area contributed by atoms with Gasteiger partial charge in [0.1, 0.15) is 0 Å². The van der Waals surface area contributed by atoms with Gasteiger partial charge in [-0.15, -0.1) is 0 Å². The molecular formula is C9H12Cl3NO2. The van der Waals surface area contributed by atoms with E-state index in [0.717, 1.165) is 11.1 Å². The summed E-state index contributed by atoms with van der Waals surface area (Å²) in [6.07, 6.45) is 0.853. The third-order valence-corrected chi connectivity index (χ3v) is 3.77. The highest BCUT2D eigenvalue weighted by molar-refractivity contribution is 6.67. The highest BCUT2D eigenvalue weighted by Crippen LogP contribution is 2.45. The van der Waals surface area contributed by atoms with Crippen molar-refractivity contribution in [1.82, 2.24) is 0 Å². The molecule has 0 aromatic rings. The predicted octanol–water partition coefficient (Wildman–Crippen LogP) is 3.75. The fourth-order valence-electron chi connectivity index (χ4n) is 1.83. The number of hydrogen-bond donors (Lipinski definition) is 0. The number of hydrogen-bond acceptors (Lipinski definition) is 2. The van der Waals surface area contributed by atoms with Crippen molar-refractivity contribution in [3.63, 3.8) is 0 Å². The number of alkyl halides is 3. The number of allylic oxidation sites excluding steroid dienone is 1. The summed E-state index contributed by atoms with van der Waals surface area (Å²) in [4.78, 5) is 10.5. The molecule has 0 heterocycles. The molecule has 2 atom stereocenters. The van der Waals surface area contributed by atoms with E-state index in [1.54, 1.807) is 0 Å². The molecule has 15 heavy (non-hydrogen) atoms. The minimum Gasteiger partial charge on any atom is -0.264 e. The summed E-state index contributed by atoms with van der Waals surface area (Å²) in [6.45, 7) is 3.81. The lowest BCUT2D eigenvalue weighted by Crippen LogP contribution is -2.40. The van der Waals surface area contributed by atoms with Crippen molar-refractivity contribution < 1.29 is 4.92 Å². The molecule has 0 aliphatic heterocycles. The second-order valence-corrected chi connectivity index (χ2v) is 6.34. The topological polar surface area (TPSA) is 43.1 Å². The van der Waals surface area contributed by atoms with E-state index >= 15 is 0 Å². The Hall–Kier alpha value is 0.01000. The van der Waals surface area contributed by atoms with Crippen LogP contribution in [-0.4, -0.2) is 14.8 Å². The fourth-order valence-corrected chi connectivity index (χ4v) is 2.49. The van der Waals surface area contributed by atoms with Gasteiger partial charge < -0.3 is 0 Å². The minimum absolute atomic E-state index is 0.345. The summed E-state index contributed by atoms with van der Waals surface area (Å²) in [6, 6.07) is -0.791. The second-order valence-electron chi connectivity index (χ2n) is 3.97. The molecule has 2 unspecified atom stereocenters. The Kier molecular flexibility index (Phi) is 3.90. The van der Waals surface area contributed by atoms with E-state index < -0.39 is 15.8 Å². The lowest BCUT2D eigenvalue weighted by molar-refractivity contribution is -0.532. The number of nitro groups is 1. The molecule has 0 aromatic heterocycles. The Balaban J connectivity index is 3.00. The SMILES string of the molecule is CC1=C(C)CC(C(Cl)(Cl)Cl)C([N+](=O)[O-])C1. The van der Waals surface area contributed by atoms with Crippen LogP contribution in [0.2, 0.25) is 0 Å². The van der Waals surface area contributed by atoms with Crippen molar-refractivity contribution in [3.05, 3.63) is 21.3 Å². The van der Waals surface area contributed by atoms with Crippen LogP contribution in [0.25, 0.3) is 0 Å². The van der Waals surface area contributed by atoms with E-state index in [1.165, 1.54) is 0 Å². The molecule has 0 aromatic carbocycles. The summed E-state index contributed by atoms with van der Waals surface area (Å²) in [5.41, 5.74) is 2.12. The van der Waals surface area contributed by atoms with Crippen LogP contribution in [0.4, 0.5) is 0 Å². The normalized spacial score (nSPS) is 28.1. The summed E-state index contributed by atoms with van der Waals surface area (Å²) in [7, 11) is 0. The highest BCUT2D eigenvalue weighted by Gasteiger charge is 2.47. The van der Waals surface area contributed by atoms with E-state index in [-0.39, 0.29) is 4.92 Å². The van der Waals surface area contributed by atoms with Crippen molar-refractivity contribution in [1.29, 1.82) is 0 Å². The van der Waals surface area contributed by atoms with Crippen LogP contribution in [0, 0.1) is 16.0 Å². The maximum absolute atomic E-state index is 10.9. The van der Waals surface area contributed by atoms with Gasteiger partial charge in [-0.25, -0.2) is 0 Å². The molecule has 6 heteroatoms. The maximum atomic E-state index is 10.9. The van der Waals surface area contributed by atoms with Crippen molar-refractivity contribution in [2.45, 2.75) is 36.5 Å². The second kappa shape index (κ2) is 4.48. The van der Waals surface area contributed by atoms with E-state index in [9.17, 15) is 10.1 Å². The number of rotatable bonds is 1. The summed E-state index contributed by atoms with van der Waals surface area (Å²) in [5.74, 6) is -0.541. The molecule has 0 spiro atoms. The Morgan fingerprint density at radius 1 is 1.27 bits per heavy atom. The third-order valence-electron chi connectivity index (χ3n) is 2.93. The van der Waals surface area contributed by atoms with E-state index in [0.29, 0.717) is 12.8 Å². The zero-order valence-electron chi connectivity index (χ0n) is 8.47. The first-order chi connectivity index (χ1) is 6.73. The quantitative estimate of drug-likeness (QED) is 0.316. The average Bonchev–Trinajstić information content (AvgIpc) is 2.06. The van der Waals surface area contributed by atoms with Crippen molar-refractivity contribution in [2.75, 3.05) is 0 Å². The third kappa shape index (κ3) is 2.99. The predicted molar refractivity (Wildman–Crippen MR) is 62.2 cm³/mol. The van der Waals surface area contributed by atoms with Gasteiger partial charge in [0.25, 0.3) is 0 Å². The van der Waals surface area contributed by atoms with Gasteiger partial charge in [0.2, 0.25) is 6.04 Å². The van der Waals surface area contributed by atoms with Crippen molar-refractivity contribution >= 4 is 34.8 Å². The Bertz CT molecular complexity index is 309. The Morgan fingerprint density at radius 3 is 2.13 bits per heavy atom. The van der Waals surface area contributed by atoms with E-state index in [1.807, 2.05) is 13.8 Å². The summed E-state index contributed by atoms with van der Waals surface area (Å²) in [5, 5.41) is 10.9. The van der Waals surface area contributed by atoms with Crippen LogP contribution in [-0.2, 0) is 0 Å². The van der Waals surface area contributed by atoms with Gasteiger partial charge in [-0.1, -0.05) is 45.9 Å². The van der Waals surface area contributed by atoms with Gasteiger partial charge in [-0.2, -0.15) is 0 Å². The number of nitrogens with zero attached hydrogens (tertiary/aromatic N) is 1. The van der Waals surface area contributed by atoms with Crippen LogP contribution in [0.1, 0.15) is 26.7 Å². The van der Waals surface area contributed by atoms with Gasteiger partial charge in [-0.3, -0.25) is 10.1 Å². The molecule has 0 bridgehead atoms. The molecule has 0 radical (unpaired) electrons. The van der Waals surface area contributed by atoms with E-state index in [2.05, 4.69) is 0 Å². The van der Waals surface area contributed by atoms with Gasteiger partial charge in [0, 0.05) is 11.3 Å².